The lowest BCUT2D eigenvalue weighted by atomic mass is 10.1. The summed E-state index contributed by atoms with van der Waals surface area (Å²) in [7, 11) is 0. The van der Waals surface area contributed by atoms with Gasteiger partial charge in [0.25, 0.3) is 0 Å². The summed E-state index contributed by atoms with van der Waals surface area (Å²) in [6, 6.07) is 2.64. The Hall–Kier alpha value is -1.00. The van der Waals surface area contributed by atoms with Crippen LogP contribution in [-0.4, -0.2) is 40.5 Å². The van der Waals surface area contributed by atoms with Crippen molar-refractivity contribution in [1.29, 1.82) is 0 Å². The third kappa shape index (κ3) is 2.73. The number of hydrogen-bond acceptors (Lipinski definition) is 4. The highest BCUT2D eigenvalue weighted by Crippen LogP contribution is 2.10. The second kappa shape index (κ2) is 5.19. The summed E-state index contributed by atoms with van der Waals surface area (Å²) in [6.07, 6.45) is 4.63. The minimum Gasteiger partial charge on any atom is -0.314 e. The van der Waals surface area contributed by atoms with Crippen LogP contribution in [0, 0.1) is 0 Å². The highest BCUT2D eigenvalue weighted by atomic mass is 15.2. The van der Waals surface area contributed by atoms with E-state index < -0.39 is 0 Å². The number of hydrogen-bond donors (Lipinski definition) is 1. The van der Waals surface area contributed by atoms with Crippen molar-refractivity contribution in [1.82, 2.24) is 20.2 Å². The molecule has 0 amide bonds. The van der Waals surface area contributed by atoms with E-state index in [1.54, 1.807) is 6.33 Å². The molecule has 4 heteroatoms. The van der Waals surface area contributed by atoms with Crippen molar-refractivity contribution < 1.29 is 0 Å². The summed E-state index contributed by atoms with van der Waals surface area (Å²) in [5, 5.41) is 3.43. The van der Waals surface area contributed by atoms with Gasteiger partial charge in [0, 0.05) is 38.4 Å². The van der Waals surface area contributed by atoms with Crippen LogP contribution in [0.5, 0.6) is 0 Å². The maximum Gasteiger partial charge on any atom is 0.115 e. The summed E-state index contributed by atoms with van der Waals surface area (Å²) >= 11 is 0. The van der Waals surface area contributed by atoms with Crippen LogP contribution in [0.25, 0.3) is 0 Å². The van der Waals surface area contributed by atoms with E-state index in [1.165, 1.54) is 6.42 Å². The van der Waals surface area contributed by atoms with E-state index in [2.05, 4.69) is 27.1 Å². The van der Waals surface area contributed by atoms with Crippen LogP contribution in [-0.2, 0) is 6.54 Å². The smallest absolute Gasteiger partial charge is 0.115 e. The molecule has 0 aliphatic carbocycles. The standard InChI is InChI=1S/C11H18N4/c1-2-11-7-12-5-6-15(11)8-10-3-4-13-9-14-10/h3-4,9,11-12H,2,5-8H2,1H3. The largest absolute Gasteiger partial charge is 0.314 e. The minimum atomic E-state index is 0.647. The lowest BCUT2D eigenvalue weighted by molar-refractivity contribution is 0.147. The molecule has 1 fully saturated rings. The molecule has 82 valence electrons. The van der Waals surface area contributed by atoms with Crippen LogP contribution in [0.1, 0.15) is 19.0 Å². The van der Waals surface area contributed by atoms with Crippen LogP contribution in [0.3, 0.4) is 0 Å². The van der Waals surface area contributed by atoms with Gasteiger partial charge in [0.15, 0.2) is 0 Å². The van der Waals surface area contributed by atoms with Gasteiger partial charge in [0.2, 0.25) is 0 Å². The van der Waals surface area contributed by atoms with Crippen molar-refractivity contribution >= 4 is 0 Å². The van der Waals surface area contributed by atoms with E-state index in [1.807, 2.05) is 12.3 Å². The Labute approximate surface area is 90.7 Å². The summed E-state index contributed by atoms with van der Waals surface area (Å²) in [5.41, 5.74) is 1.12. The molecule has 0 saturated carbocycles. The predicted octanol–water partition coefficient (Wildman–Crippen LogP) is 0.660. The molecule has 1 unspecified atom stereocenters. The van der Waals surface area contributed by atoms with Crippen molar-refractivity contribution in [3.8, 4) is 0 Å². The molecule has 1 N–H and O–H groups in total. The summed E-state index contributed by atoms with van der Waals surface area (Å²) in [6.45, 7) is 6.49. The quantitative estimate of drug-likeness (QED) is 0.789. The zero-order chi connectivity index (χ0) is 10.5. The van der Waals surface area contributed by atoms with Gasteiger partial charge in [-0.1, -0.05) is 6.92 Å². The molecule has 1 aliphatic heterocycles. The zero-order valence-corrected chi connectivity index (χ0v) is 9.19. The number of rotatable bonds is 3. The highest BCUT2D eigenvalue weighted by Gasteiger charge is 2.20. The summed E-state index contributed by atoms with van der Waals surface area (Å²) in [5.74, 6) is 0. The first-order valence-electron chi connectivity index (χ1n) is 5.60. The normalized spacial score (nSPS) is 22.9. The molecule has 1 aromatic rings. The van der Waals surface area contributed by atoms with E-state index in [9.17, 15) is 0 Å². The maximum absolute atomic E-state index is 4.27. The number of piperazine rings is 1. The molecule has 0 bridgehead atoms. The van der Waals surface area contributed by atoms with Gasteiger partial charge in [-0.05, 0) is 12.5 Å². The van der Waals surface area contributed by atoms with E-state index in [0.717, 1.165) is 31.9 Å². The van der Waals surface area contributed by atoms with Crippen molar-refractivity contribution in [3.05, 3.63) is 24.3 Å². The summed E-state index contributed by atoms with van der Waals surface area (Å²) in [4.78, 5) is 10.7. The lowest BCUT2D eigenvalue weighted by Crippen LogP contribution is -2.50. The predicted molar refractivity (Wildman–Crippen MR) is 59.4 cm³/mol. The Kier molecular flexibility index (Phi) is 3.64. The summed E-state index contributed by atoms with van der Waals surface area (Å²) < 4.78 is 0. The van der Waals surface area contributed by atoms with Gasteiger partial charge in [-0.2, -0.15) is 0 Å². The molecule has 2 rings (SSSR count). The molecule has 1 aromatic heterocycles. The Morgan fingerprint density at radius 3 is 3.27 bits per heavy atom. The van der Waals surface area contributed by atoms with E-state index in [4.69, 9.17) is 0 Å². The van der Waals surface area contributed by atoms with Crippen molar-refractivity contribution in [2.24, 2.45) is 0 Å². The molecule has 0 spiro atoms. The third-order valence-electron chi connectivity index (χ3n) is 2.95. The fourth-order valence-electron chi connectivity index (χ4n) is 2.03. The average molecular weight is 206 g/mol. The first kappa shape index (κ1) is 10.5. The van der Waals surface area contributed by atoms with E-state index in [-0.39, 0.29) is 0 Å². The van der Waals surface area contributed by atoms with Gasteiger partial charge in [-0.15, -0.1) is 0 Å². The number of nitrogens with zero attached hydrogens (tertiary/aromatic N) is 3. The molecule has 2 heterocycles. The highest BCUT2D eigenvalue weighted by molar-refractivity contribution is 4.98. The minimum absolute atomic E-state index is 0.647. The van der Waals surface area contributed by atoms with Gasteiger partial charge in [0.05, 0.1) is 5.69 Å². The van der Waals surface area contributed by atoms with Crippen LogP contribution in [0.15, 0.2) is 18.6 Å². The van der Waals surface area contributed by atoms with Crippen molar-refractivity contribution in [2.75, 3.05) is 19.6 Å². The lowest BCUT2D eigenvalue weighted by Gasteiger charge is -2.35. The second-order valence-corrected chi connectivity index (χ2v) is 3.94. The average Bonchev–Trinajstić information content (AvgIpc) is 2.31. The van der Waals surface area contributed by atoms with Gasteiger partial charge in [0.1, 0.15) is 6.33 Å². The zero-order valence-electron chi connectivity index (χ0n) is 9.19. The number of aromatic nitrogens is 2. The van der Waals surface area contributed by atoms with Crippen LogP contribution >= 0.6 is 0 Å². The van der Waals surface area contributed by atoms with Crippen LogP contribution in [0.2, 0.25) is 0 Å². The van der Waals surface area contributed by atoms with Crippen LogP contribution in [0.4, 0.5) is 0 Å². The third-order valence-corrected chi connectivity index (χ3v) is 2.95. The van der Waals surface area contributed by atoms with Gasteiger partial charge >= 0.3 is 0 Å². The van der Waals surface area contributed by atoms with E-state index in [0.29, 0.717) is 6.04 Å². The Balaban J connectivity index is 1.97. The molecule has 1 saturated heterocycles. The Bertz CT molecular complexity index is 288. The van der Waals surface area contributed by atoms with E-state index >= 15 is 0 Å². The topological polar surface area (TPSA) is 41.0 Å². The maximum atomic E-state index is 4.27. The fraction of sp³-hybridized carbons (Fsp3) is 0.636. The first-order valence-corrected chi connectivity index (χ1v) is 5.60. The SMILES string of the molecule is CCC1CNCCN1Cc1ccncn1. The second-order valence-electron chi connectivity index (χ2n) is 3.94. The number of nitrogens with one attached hydrogen (secondary N) is 1. The van der Waals surface area contributed by atoms with Crippen LogP contribution < -0.4 is 5.32 Å². The molecule has 4 nitrogen and oxygen atoms in total. The molecule has 0 radical (unpaired) electrons. The molecule has 15 heavy (non-hydrogen) atoms. The van der Waals surface area contributed by atoms with Gasteiger partial charge < -0.3 is 5.32 Å². The molecular formula is C11H18N4. The first-order chi connectivity index (χ1) is 7.40. The molecule has 1 atom stereocenters. The monoisotopic (exact) mass is 206 g/mol. The van der Waals surface area contributed by atoms with Gasteiger partial charge in [-0.25, -0.2) is 9.97 Å². The van der Waals surface area contributed by atoms with Gasteiger partial charge in [-0.3, -0.25) is 4.90 Å². The molecular weight excluding hydrogens is 188 g/mol. The Morgan fingerprint density at radius 2 is 2.53 bits per heavy atom. The Morgan fingerprint density at radius 1 is 1.60 bits per heavy atom. The molecule has 1 aliphatic rings. The van der Waals surface area contributed by atoms with Crippen molar-refractivity contribution in [2.45, 2.75) is 25.9 Å². The van der Waals surface area contributed by atoms with Crippen molar-refractivity contribution in [3.63, 3.8) is 0 Å². The fourth-order valence-corrected chi connectivity index (χ4v) is 2.03. The molecule has 0 aromatic carbocycles.